The average molecular weight is 239 g/mol. The molecular weight excluding hydrogens is 226 g/mol. The highest BCUT2D eigenvalue weighted by molar-refractivity contribution is 5.97. The van der Waals surface area contributed by atoms with Crippen LogP contribution in [-0.2, 0) is 6.54 Å². The number of phenols is 1. The monoisotopic (exact) mass is 239 g/mol. The van der Waals surface area contributed by atoms with Crippen LogP contribution in [0.1, 0.15) is 5.69 Å². The van der Waals surface area contributed by atoms with Gasteiger partial charge in [0, 0.05) is 22.7 Å². The zero-order chi connectivity index (χ0) is 12.4. The van der Waals surface area contributed by atoms with Gasteiger partial charge in [0.2, 0.25) is 0 Å². The lowest BCUT2D eigenvalue weighted by Gasteiger charge is -2.09. The minimum absolute atomic E-state index is 0.303. The Bertz CT molecular complexity index is 662. The highest BCUT2D eigenvalue weighted by Crippen LogP contribution is 2.29. The van der Waals surface area contributed by atoms with Crippen molar-refractivity contribution in [2.75, 3.05) is 5.32 Å². The van der Waals surface area contributed by atoms with Crippen molar-refractivity contribution in [2.45, 2.75) is 6.54 Å². The van der Waals surface area contributed by atoms with Crippen molar-refractivity contribution in [2.24, 2.45) is 0 Å². The number of aromatic amines is 1. The summed E-state index contributed by atoms with van der Waals surface area (Å²) in [6, 6.07) is 13.3. The van der Waals surface area contributed by atoms with Crippen LogP contribution in [0, 0.1) is 0 Å². The first-order valence-corrected chi connectivity index (χ1v) is 5.77. The number of H-pyrrole nitrogens is 1. The van der Waals surface area contributed by atoms with E-state index in [-0.39, 0.29) is 0 Å². The van der Waals surface area contributed by atoms with Crippen LogP contribution in [0.4, 0.5) is 5.69 Å². The summed E-state index contributed by atoms with van der Waals surface area (Å²) in [6.07, 6.45) is 1.73. The summed E-state index contributed by atoms with van der Waals surface area (Å²) >= 11 is 0. The van der Waals surface area contributed by atoms with E-state index in [0.717, 1.165) is 22.2 Å². The lowest BCUT2D eigenvalue weighted by Crippen LogP contribution is -2.00. The van der Waals surface area contributed by atoms with Crippen LogP contribution < -0.4 is 5.32 Å². The summed E-state index contributed by atoms with van der Waals surface area (Å²) in [5.74, 6) is 0.303. The summed E-state index contributed by atoms with van der Waals surface area (Å²) in [6.45, 7) is 0.675. The molecule has 3 N–H and O–H groups in total. The molecule has 0 amide bonds. The Balaban J connectivity index is 1.94. The van der Waals surface area contributed by atoms with Gasteiger partial charge in [-0.25, -0.2) is 0 Å². The molecule has 3 aromatic rings. The van der Waals surface area contributed by atoms with Crippen molar-refractivity contribution < 1.29 is 5.11 Å². The van der Waals surface area contributed by atoms with Gasteiger partial charge < -0.3 is 10.4 Å². The van der Waals surface area contributed by atoms with Gasteiger partial charge in [0.15, 0.2) is 0 Å². The first-order chi connectivity index (χ1) is 8.84. The minimum atomic E-state index is 0.303. The highest BCUT2D eigenvalue weighted by Gasteiger charge is 2.03. The predicted molar refractivity (Wildman–Crippen MR) is 71.5 cm³/mol. The number of anilines is 1. The van der Waals surface area contributed by atoms with Crippen LogP contribution in [0.25, 0.3) is 10.8 Å². The molecule has 2 aromatic carbocycles. The maximum Gasteiger partial charge on any atom is 0.123 e. The number of aromatic hydroxyl groups is 1. The molecule has 4 nitrogen and oxygen atoms in total. The maximum absolute atomic E-state index is 9.80. The molecule has 0 atom stereocenters. The fourth-order valence-electron chi connectivity index (χ4n) is 2.02. The molecule has 0 unspecified atom stereocenters. The third-order valence-corrected chi connectivity index (χ3v) is 2.93. The molecule has 90 valence electrons. The van der Waals surface area contributed by atoms with Crippen molar-refractivity contribution in [3.63, 3.8) is 0 Å². The molecule has 1 aromatic heterocycles. The number of nitrogens with zero attached hydrogens (tertiary/aromatic N) is 1. The van der Waals surface area contributed by atoms with Crippen LogP contribution in [0.5, 0.6) is 5.75 Å². The first-order valence-electron chi connectivity index (χ1n) is 5.77. The van der Waals surface area contributed by atoms with Crippen molar-refractivity contribution in [3.05, 3.63) is 54.4 Å². The van der Waals surface area contributed by atoms with Crippen LogP contribution >= 0.6 is 0 Å². The summed E-state index contributed by atoms with van der Waals surface area (Å²) < 4.78 is 0. The van der Waals surface area contributed by atoms with Gasteiger partial charge in [-0.1, -0.05) is 24.3 Å². The number of aromatic nitrogens is 2. The third kappa shape index (κ3) is 1.88. The van der Waals surface area contributed by atoms with E-state index in [0.29, 0.717) is 12.3 Å². The molecule has 0 saturated heterocycles. The zero-order valence-electron chi connectivity index (χ0n) is 9.72. The van der Waals surface area contributed by atoms with Crippen molar-refractivity contribution in [1.82, 2.24) is 10.2 Å². The Hall–Kier alpha value is -2.49. The third-order valence-electron chi connectivity index (χ3n) is 2.93. The average Bonchev–Trinajstić information content (AvgIpc) is 2.90. The second kappa shape index (κ2) is 4.41. The molecule has 1 heterocycles. The molecule has 4 heteroatoms. The second-order valence-corrected chi connectivity index (χ2v) is 4.11. The molecule has 0 aliphatic rings. The van der Waals surface area contributed by atoms with E-state index >= 15 is 0 Å². The summed E-state index contributed by atoms with van der Waals surface area (Å²) in [4.78, 5) is 0. The van der Waals surface area contributed by atoms with Crippen molar-refractivity contribution in [3.8, 4) is 5.75 Å². The van der Waals surface area contributed by atoms with Gasteiger partial charge in [-0.05, 0) is 18.2 Å². The molecular formula is C14H13N3O. The standard InChI is InChI=1S/C14H13N3O/c18-14-6-2-3-11-12(14)4-1-5-13(11)15-9-10-7-8-16-17-10/h1-8,15,18H,9H2,(H,16,17). The molecule has 0 aliphatic carbocycles. The minimum Gasteiger partial charge on any atom is -0.507 e. The molecule has 18 heavy (non-hydrogen) atoms. The number of benzene rings is 2. The Morgan fingerprint density at radius 3 is 2.72 bits per heavy atom. The van der Waals surface area contributed by atoms with Gasteiger partial charge >= 0.3 is 0 Å². The van der Waals surface area contributed by atoms with E-state index in [1.54, 1.807) is 12.3 Å². The fourth-order valence-corrected chi connectivity index (χ4v) is 2.02. The van der Waals surface area contributed by atoms with E-state index in [4.69, 9.17) is 0 Å². The Kier molecular flexibility index (Phi) is 2.61. The van der Waals surface area contributed by atoms with E-state index < -0.39 is 0 Å². The quantitative estimate of drug-likeness (QED) is 0.658. The van der Waals surface area contributed by atoms with Gasteiger partial charge in [-0.2, -0.15) is 5.10 Å². The number of nitrogens with one attached hydrogen (secondary N) is 2. The van der Waals surface area contributed by atoms with Crippen molar-refractivity contribution >= 4 is 16.5 Å². The van der Waals surface area contributed by atoms with E-state index in [1.807, 2.05) is 36.4 Å². The highest BCUT2D eigenvalue weighted by atomic mass is 16.3. The first kappa shape index (κ1) is 10.7. The second-order valence-electron chi connectivity index (χ2n) is 4.11. The predicted octanol–water partition coefficient (Wildman–Crippen LogP) is 2.88. The van der Waals surface area contributed by atoms with Gasteiger partial charge in [0.05, 0.1) is 12.2 Å². The molecule has 0 radical (unpaired) electrons. The Morgan fingerprint density at radius 2 is 1.89 bits per heavy atom. The van der Waals surface area contributed by atoms with Gasteiger partial charge in [-0.3, -0.25) is 5.10 Å². The topological polar surface area (TPSA) is 60.9 Å². The number of rotatable bonds is 3. The van der Waals surface area contributed by atoms with Gasteiger partial charge in [0.25, 0.3) is 0 Å². The van der Waals surface area contributed by atoms with E-state index in [2.05, 4.69) is 15.5 Å². The molecule has 0 fully saturated rings. The lowest BCUT2D eigenvalue weighted by atomic mass is 10.1. The van der Waals surface area contributed by atoms with E-state index in [9.17, 15) is 5.11 Å². The smallest absolute Gasteiger partial charge is 0.123 e. The molecule has 0 spiro atoms. The van der Waals surface area contributed by atoms with E-state index in [1.165, 1.54) is 0 Å². The van der Waals surface area contributed by atoms with Crippen LogP contribution in [-0.4, -0.2) is 15.3 Å². The molecule has 3 rings (SSSR count). The summed E-state index contributed by atoms with van der Waals surface area (Å²) in [5, 5.41) is 21.8. The zero-order valence-corrected chi connectivity index (χ0v) is 9.72. The molecule has 0 aliphatic heterocycles. The number of fused-ring (bicyclic) bond motifs is 1. The number of hydrogen-bond acceptors (Lipinski definition) is 3. The summed E-state index contributed by atoms with van der Waals surface area (Å²) in [7, 11) is 0. The summed E-state index contributed by atoms with van der Waals surface area (Å²) in [5.41, 5.74) is 2.02. The van der Waals surface area contributed by atoms with Crippen LogP contribution in [0.3, 0.4) is 0 Å². The lowest BCUT2D eigenvalue weighted by molar-refractivity contribution is 0.481. The maximum atomic E-state index is 9.80. The normalized spacial score (nSPS) is 10.7. The van der Waals surface area contributed by atoms with Crippen LogP contribution in [0.2, 0.25) is 0 Å². The fraction of sp³-hybridized carbons (Fsp3) is 0.0714. The van der Waals surface area contributed by atoms with Crippen molar-refractivity contribution in [1.29, 1.82) is 0 Å². The van der Waals surface area contributed by atoms with Gasteiger partial charge in [-0.15, -0.1) is 0 Å². The Labute approximate surface area is 104 Å². The van der Waals surface area contributed by atoms with Gasteiger partial charge in [0.1, 0.15) is 5.75 Å². The number of phenolic OH excluding ortho intramolecular Hbond substituents is 1. The Morgan fingerprint density at radius 1 is 1.06 bits per heavy atom. The molecule has 0 bridgehead atoms. The number of hydrogen-bond donors (Lipinski definition) is 3. The largest absolute Gasteiger partial charge is 0.507 e. The SMILES string of the molecule is Oc1cccc2c(NCc3ccn[nH]3)cccc12. The van der Waals surface area contributed by atoms with Crippen LogP contribution in [0.15, 0.2) is 48.7 Å². The molecule has 0 saturated carbocycles.